The van der Waals surface area contributed by atoms with Crippen LogP contribution < -0.4 is 20.3 Å². The second-order valence-corrected chi connectivity index (χ2v) is 17.9. The Balaban J connectivity index is 1.22. The highest BCUT2D eigenvalue weighted by Crippen LogP contribution is 2.69. The summed E-state index contributed by atoms with van der Waals surface area (Å²) >= 11 is 6.59. The van der Waals surface area contributed by atoms with Gasteiger partial charge in [-0.05, 0) is 61.1 Å². The average Bonchev–Trinajstić information content (AvgIpc) is 4.08. The van der Waals surface area contributed by atoms with E-state index < -0.39 is 83.2 Å². The number of halogens is 8. The lowest BCUT2D eigenvalue weighted by molar-refractivity contribution is -0.139. The highest BCUT2D eigenvalue weighted by atomic mass is 35.5. The van der Waals surface area contributed by atoms with Crippen molar-refractivity contribution in [2.45, 2.75) is 68.6 Å². The molecule has 1 amide bonds. The summed E-state index contributed by atoms with van der Waals surface area (Å²) < 4.78 is 135. The molecular weight excluding hydrogens is 875 g/mol. The number of hydrogen-bond donors (Lipinski definition) is 2. The van der Waals surface area contributed by atoms with Crippen molar-refractivity contribution < 1.29 is 48.7 Å². The molecule has 14 nitrogen and oxygen atoms in total. The van der Waals surface area contributed by atoms with Gasteiger partial charge in [0.15, 0.2) is 11.5 Å². The first-order valence-corrected chi connectivity index (χ1v) is 21.4. The van der Waals surface area contributed by atoms with Crippen molar-refractivity contribution >= 4 is 55.3 Å². The largest absolute Gasteiger partial charge is 0.477 e. The highest BCUT2D eigenvalue weighted by molar-refractivity contribution is 7.92. The number of nitrogens with one attached hydrogen (secondary N) is 2. The zero-order valence-electron chi connectivity index (χ0n) is 32.4. The predicted octanol–water partition coefficient (Wildman–Crippen LogP) is 6.68. The fourth-order valence-electron chi connectivity index (χ4n) is 8.29. The average molecular weight is 908 g/mol. The van der Waals surface area contributed by atoms with E-state index in [4.69, 9.17) is 16.3 Å². The summed E-state index contributed by atoms with van der Waals surface area (Å²) in [7, 11) is -2.51. The number of fused-ring (bicyclic) bond motifs is 5. The maximum Gasteiger partial charge on any atom is 0.392 e. The molecule has 0 radical (unpaired) electrons. The van der Waals surface area contributed by atoms with Crippen LogP contribution in [-0.4, -0.2) is 67.5 Å². The van der Waals surface area contributed by atoms with E-state index in [1.54, 1.807) is 0 Å². The Morgan fingerprint density at radius 2 is 1.79 bits per heavy atom. The lowest BCUT2D eigenvalue weighted by atomic mass is 10.0. The summed E-state index contributed by atoms with van der Waals surface area (Å²) in [4.78, 5) is 37.8. The summed E-state index contributed by atoms with van der Waals surface area (Å²) in [6, 6.07) is 6.06. The standard InChI is InChI=1S/C39H33ClF7N9O5S/c1-54-32-26(7-6-24(40)30(32)35(52-54)53-62(2,59)60)56-36(50-34-21(37(56)58)5-8-28(49-34)61-10-9-38(43,44)45)25(13-17-11-19(41)14-20(42)12-17)48-27(57)16-55-33-29(31(51-55)18-3-4-18)22-15-23(22)39(33,46)47/h5-8,11-12,14,18,22-23,25H,3-4,9-10,13,15-16H2,1-2H3,(H,48,57)(H,52,53)/t22-,23+,25-/m0/s1. The Hall–Kier alpha value is -5.77. The monoisotopic (exact) mass is 907 g/mol. The minimum atomic E-state index is -4.56. The van der Waals surface area contributed by atoms with Crippen LogP contribution in [0.15, 0.2) is 47.3 Å². The van der Waals surface area contributed by atoms with Crippen molar-refractivity contribution in [1.82, 2.24) is 39.4 Å². The van der Waals surface area contributed by atoms with Crippen molar-refractivity contribution in [2.75, 3.05) is 17.6 Å². The molecule has 326 valence electrons. The number of ether oxygens (including phenoxy) is 1. The topological polar surface area (TPSA) is 168 Å². The minimum absolute atomic E-state index is 0.000472. The van der Waals surface area contributed by atoms with E-state index in [-0.39, 0.29) is 73.3 Å². The predicted molar refractivity (Wildman–Crippen MR) is 209 cm³/mol. The fourth-order valence-corrected chi connectivity index (χ4v) is 9.03. The van der Waals surface area contributed by atoms with E-state index >= 15 is 8.78 Å². The maximum atomic E-state index is 15.7. The van der Waals surface area contributed by atoms with Gasteiger partial charge in [0.1, 0.15) is 29.7 Å². The molecule has 3 aliphatic carbocycles. The molecule has 23 heteroatoms. The summed E-state index contributed by atoms with van der Waals surface area (Å²) in [5.41, 5.74) is -0.637. The van der Waals surface area contributed by atoms with Crippen molar-refractivity contribution in [3.63, 3.8) is 0 Å². The third-order valence-electron chi connectivity index (χ3n) is 11.0. The third kappa shape index (κ3) is 7.70. The first kappa shape index (κ1) is 41.6. The van der Waals surface area contributed by atoms with Gasteiger partial charge in [-0.25, -0.2) is 22.2 Å². The van der Waals surface area contributed by atoms with Crippen molar-refractivity contribution in [3.05, 3.63) is 97.8 Å². The molecule has 2 fully saturated rings. The Labute approximate surface area is 351 Å². The van der Waals surface area contributed by atoms with E-state index in [0.29, 0.717) is 23.7 Å². The zero-order chi connectivity index (χ0) is 44.2. The fraction of sp³-hybridized carbons (Fsp3) is 0.385. The van der Waals surface area contributed by atoms with Crippen LogP contribution in [0, 0.1) is 17.6 Å². The van der Waals surface area contributed by atoms with Gasteiger partial charge in [-0.3, -0.25) is 28.2 Å². The molecule has 2 saturated carbocycles. The van der Waals surface area contributed by atoms with Crippen LogP contribution in [-0.2, 0) is 40.8 Å². The van der Waals surface area contributed by atoms with E-state index in [9.17, 15) is 40.0 Å². The van der Waals surface area contributed by atoms with Gasteiger partial charge in [-0.15, -0.1) is 0 Å². The Kier molecular flexibility index (Phi) is 9.84. The molecule has 0 unspecified atom stereocenters. The van der Waals surface area contributed by atoms with Crippen LogP contribution in [0.5, 0.6) is 5.88 Å². The van der Waals surface area contributed by atoms with Crippen molar-refractivity contribution in [3.8, 4) is 11.6 Å². The van der Waals surface area contributed by atoms with Gasteiger partial charge in [0.2, 0.25) is 21.8 Å². The number of alkyl halides is 5. The number of aryl methyl sites for hydroxylation is 1. The molecule has 4 heterocycles. The maximum absolute atomic E-state index is 15.7. The number of amides is 1. The number of aromatic nitrogens is 7. The number of carbonyl (C=O) groups is 1. The second kappa shape index (κ2) is 14.7. The first-order chi connectivity index (χ1) is 29.2. The summed E-state index contributed by atoms with van der Waals surface area (Å²) in [6.07, 6.45) is -3.65. The molecule has 2 aromatic carbocycles. The molecule has 0 saturated heterocycles. The van der Waals surface area contributed by atoms with Gasteiger partial charge in [0, 0.05) is 43.0 Å². The van der Waals surface area contributed by atoms with E-state index in [1.807, 2.05) is 0 Å². The number of carbonyl (C=O) groups excluding carboxylic acids is 1. The quantitative estimate of drug-likeness (QED) is 0.120. The van der Waals surface area contributed by atoms with E-state index in [0.717, 1.165) is 46.5 Å². The molecular formula is C39H33ClF7N9O5S. The molecule has 4 aromatic heterocycles. The van der Waals surface area contributed by atoms with Crippen molar-refractivity contribution in [1.29, 1.82) is 0 Å². The lowest BCUT2D eigenvalue weighted by Gasteiger charge is -2.24. The van der Waals surface area contributed by atoms with Gasteiger partial charge in [0.05, 0.1) is 58.0 Å². The third-order valence-corrected chi connectivity index (χ3v) is 11.9. The number of anilines is 1. The van der Waals surface area contributed by atoms with Crippen LogP contribution in [0.25, 0.3) is 27.6 Å². The molecule has 0 aliphatic heterocycles. The molecule has 2 N–H and O–H groups in total. The SMILES string of the molecule is Cn1nc(NS(C)(=O)=O)c2c(Cl)ccc(-n3c([C@H](Cc4cc(F)cc(F)c4)NC(=O)Cn4nc(C5CC5)c5c4C(F)(F)[C@@H]4C[C@H]54)nc4nc(OCCC(F)(F)F)ccc4c3=O)c21. The Morgan fingerprint density at radius 1 is 1.06 bits per heavy atom. The van der Waals surface area contributed by atoms with Crippen LogP contribution in [0.4, 0.5) is 36.6 Å². The molecule has 62 heavy (non-hydrogen) atoms. The summed E-state index contributed by atoms with van der Waals surface area (Å²) in [5.74, 6) is -8.34. The number of rotatable bonds is 13. The van der Waals surface area contributed by atoms with E-state index in [2.05, 4.69) is 30.2 Å². The summed E-state index contributed by atoms with van der Waals surface area (Å²) in [5, 5.41) is 11.3. The Bertz CT molecular complexity index is 3000. The van der Waals surface area contributed by atoms with Gasteiger partial charge in [0.25, 0.3) is 11.5 Å². The second-order valence-electron chi connectivity index (χ2n) is 15.7. The van der Waals surface area contributed by atoms with E-state index in [1.165, 1.54) is 29.9 Å². The molecule has 0 spiro atoms. The van der Waals surface area contributed by atoms with Crippen molar-refractivity contribution in [2.24, 2.45) is 13.0 Å². The van der Waals surface area contributed by atoms with Crippen LogP contribution in [0.3, 0.4) is 0 Å². The molecule has 3 atom stereocenters. The Morgan fingerprint density at radius 3 is 2.47 bits per heavy atom. The smallest absolute Gasteiger partial charge is 0.392 e. The number of sulfonamides is 1. The molecule has 9 rings (SSSR count). The summed E-state index contributed by atoms with van der Waals surface area (Å²) in [6.45, 7) is -1.55. The molecule has 3 aliphatic rings. The van der Waals surface area contributed by atoms with Gasteiger partial charge in [-0.1, -0.05) is 11.6 Å². The lowest BCUT2D eigenvalue weighted by Crippen LogP contribution is -2.38. The number of pyridine rings is 1. The normalized spacial score (nSPS) is 18.5. The number of nitrogens with zero attached hydrogens (tertiary/aromatic N) is 7. The molecule has 0 bridgehead atoms. The van der Waals surface area contributed by atoms with Crippen LogP contribution >= 0.6 is 11.6 Å². The molecule has 6 aromatic rings. The minimum Gasteiger partial charge on any atom is -0.477 e. The number of hydrogen-bond acceptors (Lipinski definition) is 9. The highest BCUT2D eigenvalue weighted by Gasteiger charge is 2.67. The van der Waals surface area contributed by atoms with Crippen LogP contribution in [0.1, 0.15) is 71.9 Å². The number of benzene rings is 2. The van der Waals surface area contributed by atoms with Crippen LogP contribution in [0.2, 0.25) is 5.02 Å². The van der Waals surface area contributed by atoms with Gasteiger partial charge >= 0.3 is 6.18 Å². The van der Waals surface area contributed by atoms with Gasteiger partial charge in [-0.2, -0.15) is 37.1 Å². The van der Waals surface area contributed by atoms with Gasteiger partial charge < -0.3 is 10.1 Å². The zero-order valence-corrected chi connectivity index (χ0v) is 34.0. The first-order valence-electron chi connectivity index (χ1n) is 19.2.